The van der Waals surface area contributed by atoms with Crippen molar-refractivity contribution in [3.8, 4) is 0 Å². The second kappa shape index (κ2) is 39.4. The number of phosphoric ester groups is 1. The van der Waals surface area contributed by atoms with Crippen LogP contribution in [0, 0.1) is 0 Å². The normalized spacial score (nSPS) is 13.1. The van der Waals surface area contributed by atoms with E-state index in [-0.39, 0.29) is 38.5 Å². The van der Waals surface area contributed by atoms with Crippen LogP contribution in [0.2, 0.25) is 0 Å². The fourth-order valence-electron chi connectivity index (χ4n) is 6.53. The molecule has 2 unspecified atom stereocenters. The molecule has 0 aliphatic rings. The zero-order chi connectivity index (χ0) is 42.9. The largest absolute Gasteiger partial charge is 0.472 e. The molecule has 0 saturated carbocycles. The highest BCUT2D eigenvalue weighted by Gasteiger charge is 2.26. The third-order valence-electron chi connectivity index (χ3n) is 10.1. The maximum atomic E-state index is 12.7. The lowest BCUT2D eigenvalue weighted by Crippen LogP contribution is -2.30. The first kappa shape index (κ1) is 54.2. The first-order chi connectivity index (χ1) is 28.8. The Bertz CT molecular complexity index is 1270. The second-order valence-electron chi connectivity index (χ2n) is 15.7. The first-order valence-corrected chi connectivity index (χ1v) is 24.9. The maximum Gasteiger partial charge on any atom is 0.472 e. The van der Waals surface area contributed by atoms with Gasteiger partial charge in [0.1, 0.15) is 6.61 Å². The Kier molecular flexibility index (Phi) is 36.2. The van der Waals surface area contributed by atoms with Gasteiger partial charge in [-0.1, -0.05) is 159 Å². The van der Waals surface area contributed by atoms with E-state index in [4.69, 9.17) is 18.5 Å². The number of rotatable bonds is 41. The van der Waals surface area contributed by atoms with Crippen LogP contribution in [0.4, 0.5) is 0 Å². The summed E-state index contributed by atoms with van der Waals surface area (Å²) < 4.78 is 33.7. The van der Waals surface area contributed by atoms with E-state index in [0.29, 0.717) is 18.4 Å². The Hall–Kier alpha value is -2.78. The van der Waals surface area contributed by atoms with Crippen LogP contribution in [-0.2, 0) is 32.7 Å². The minimum atomic E-state index is -4.56. The monoisotopic (exact) mass is 848 g/mol. The molecule has 0 heterocycles. The minimum absolute atomic E-state index is 0.0238. The molecule has 1 aromatic rings. The lowest BCUT2D eigenvalue weighted by molar-refractivity contribution is -0.161. The van der Waals surface area contributed by atoms with Crippen LogP contribution in [0.1, 0.15) is 204 Å². The van der Waals surface area contributed by atoms with E-state index in [1.54, 1.807) is 30.3 Å². The van der Waals surface area contributed by atoms with E-state index in [2.05, 4.69) is 43.5 Å². The average Bonchev–Trinajstić information content (AvgIpc) is 3.23. The van der Waals surface area contributed by atoms with Gasteiger partial charge in [0.2, 0.25) is 0 Å². The van der Waals surface area contributed by atoms with Gasteiger partial charge >= 0.3 is 19.8 Å². The van der Waals surface area contributed by atoms with Crippen molar-refractivity contribution in [3.05, 3.63) is 60.2 Å². The Morgan fingerprint density at radius 2 is 1.03 bits per heavy atom. The molecule has 2 atom stereocenters. The molecule has 2 N–H and O–H groups in total. The fraction of sp³-hybridized carbons (Fsp3) is 0.729. The van der Waals surface area contributed by atoms with E-state index in [0.717, 1.165) is 70.6 Å². The zero-order valence-corrected chi connectivity index (χ0v) is 38.0. The summed E-state index contributed by atoms with van der Waals surface area (Å²) in [6, 6.07) is 8.57. The molecule has 1 amide bonds. The third-order valence-corrected chi connectivity index (χ3v) is 11.1. The molecule has 0 bridgehead atoms. The highest BCUT2D eigenvalue weighted by molar-refractivity contribution is 7.47. The van der Waals surface area contributed by atoms with Gasteiger partial charge in [-0.25, -0.2) is 4.57 Å². The van der Waals surface area contributed by atoms with Crippen LogP contribution >= 0.6 is 7.82 Å². The molecule has 10 nitrogen and oxygen atoms in total. The zero-order valence-electron chi connectivity index (χ0n) is 37.1. The van der Waals surface area contributed by atoms with Gasteiger partial charge in [-0.2, -0.15) is 0 Å². The van der Waals surface area contributed by atoms with E-state index >= 15 is 0 Å². The molecular formula is C48H82NO9P. The van der Waals surface area contributed by atoms with Gasteiger partial charge in [-0.15, -0.1) is 0 Å². The van der Waals surface area contributed by atoms with Gasteiger partial charge < -0.3 is 19.7 Å². The molecule has 1 rings (SSSR count). The van der Waals surface area contributed by atoms with Crippen LogP contribution in [0.25, 0.3) is 0 Å². The summed E-state index contributed by atoms with van der Waals surface area (Å²) in [7, 11) is -4.56. The summed E-state index contributed by atoms with van der Waals surface area (Å²) in [4.78, 5) is 47.8. The smallest absolute Gasteiger partial charge is 0.462 e. The summed E-state index contributed by atoms with van der Waals surface area (Å²) in [5, 5.41) is 2.61. The van der Waals surface area contributed by atoms with Gasteiger partial charge in [0.15, 0.2) is 6.10 Å². The number of hydrogen-bond acceptors (Lipinski definition) is 8. The Morgan fingerprint density at radius 3 is 1.53 bits per heavy atom. The molecule has 11 heteroatoms. The number of amides is 1. The van der Waals surface area contributed by atoms with E-state index in [9.17, 15) is 23.8 Å². The molecule has 59 heavy (non-hydrogen) atoms. The van der Waals surface area contributed by atoms with Crippen molar-refractivity contribution in [2.75, 3.05) is 26.4 Å². The highest BCUT2D eigenvalue weighted by atomic mass is 31.2. The molecule has 0 saturated heterocycles. The van der Waals surface area contributed by atoms with Gasteiger partial charge in [-0.05, 0) is 76.3 Å². The van der Waals surface area contributed by atoms with E-state index < -0.39 is 32.5 Å². The SMILES string of the molecule is CCCCCCCC/C=C\CCCCCCCC(=O)OCC(COP(=O)(O)OCCNC(=O)c1ccccc1)OC(=O)CCCCCCC/C=C\CCCCCCCC. The number of carbonyl (C=O) groups is 3. The molecule has 1 aromatic carbocycles. The lowest BCUT2D eigenvalue weighted by atomic mass is 10.1. The molecule has 0 fully saturated rings. The second-order valence-corrected chi connectivity index (χ2v) is 17.1. The number of phosphoric acid groups is 1. The molecule has 0 aliphatic carbocycles. The molecule has 0 radical (unpaired) electrons. The van der Waals surface area contributed by atoms with Crippen molar-refractivity contribution in [2.24, 2.45) is 0 Å². The molecule has 0 aromatic heterocycles. The lowest BCUT2D eigenvalue weighted by Gasteiger charge is -2.20. The third kappa shape index (κ3) is 35.7. The Balaban J connectivity index is 2.38. The van der Waals surface area contributed by atoms with Crippen molar-refractivity contribution in [3.63, 3.8) is 0 Å². The first-order valence-electron chi connectivity index (χ1n) is 23.4. The van der Waals surface area contributed by atoms with Crippen LogP contribution in [0.15, 0.2) is 54.6 Å². The highest BCUT2D eigenvalue weighted by Crippen LogP contribution is 2.43. The maximum absolute atomic E-state index is 12.7. The van der Waals surface area contributed by atoms with Crippen molar-refractivity contribution in [1.29, 1.82) is 0 Å². The van der Waals surface area contributed by atoms with Gasteiger partial charge in [0, 0.05) is 24.9 Å². The summed E-state index contributed by atoms with van der Waals surface area (Å²) >= 11 is 0. The van der Waals surface area contributed by atoms with Crippen molar-refractivity contribution in [1.82, 2.24) is 5.32 Å². The van der Waals surface area contributed by atoms with Crippen molar-refractivity contribution in [2.45, 2.75) is 200 Å². The number of allylic oxidation sites excluding steroid dienone is 4. The summed E-state index contributed by atoms with van der Waals surface area (Å²) in [6.45, 7) is 3.39. The predicted octanol–water partition coefficient (Wildman–Crippen LogP) is 13.1. The predicted molar refractivity (Wildman–Crippen MR) is 240 cm³/mol. The van der Waals surface area contributed by atoms with Crippen LogP contribution in [0.5, 0.6) is 0 Å². The van der Waals surface area contributed by atoms with E-state index in [1.165, 1.54) is 83.5 Å². The van der Waals surface area contributed by atoms with Crippen LogP contribution < -0.4 is 5.32 Å². The number of ether oxygens (including phenoxy) is 2. The molecule has 0 spiro atoms. The van der Waals surface area contributed by atoms with Crippen molar-refractivity contribution >= 4 is 25.7 Å². The number of unbranched alkanes of at least 4 members (excludes halogenated alkanes) is 22. The summed E-state index contributed by atoms with van der Waals surface area (Å²) in [5.74, 6) is -1.25. The fourth-order valence-corrected chi connectivity index (χ4v) is 7.28. The quantitative estimate of drug-likeness (QED) is 0.0285. The van der Waals surface area contributed by atoms with Crippen molar-refractivity contribution < 1.29 is 42.4 Å². The summed E-state index contributed by atoms with van der Waals surface area (Å²) in [6.07, 6.45) is 38.6. The van der Waals surface area contributed by atoms with Gasteiger partial charge in [0.25, 0.3) is 5.91 Å². The molecule has 338 valence electrons. The number of benzene rings is 1. The minimum Gasteiger partial charge on any atom is -0.462 e. The van der Waals surface area contributed by atoms with Gasteiger partial charge in [-0.3, -0.25) is 23.4 Å². The summed E-state index contributed by atoms with van der Waals surface area (Å²) in [5.41, 5.74) is 0.453. The molecule has 0 aliphatic heterocycles. The van der Waals surface area contributed by atoms with Gasteiger partial charge in [0.05, 0.1) is 13.2 Å². The number of hydrogen-bond donors (Lipinski definition) is 2. The molecular weight excluding hydrogens is 765 g/mol. The van der Waals surface area contributed by atoms with Crippen LogP contribution in [-0.4, -0.2) is 55.2 Å². The number of carbonyl (C=O) groups excluding carboxylic acids is 3. The topological polar surface area (TPSA) is 137 Å². The Labute approximate surface area is 358 Å². The number of esters is 2. The average molecular weight is 848 g/mol. The standard InChI is InChI=1S/C48H82NO9P/c1-3-5-7-9-11-13-15-17-19-21-23-25-27-29-34-38-46(50)55-42-45(43-57-59(53,54)56-41-40-49-48(52)44-36-32-31-33-37-44)58-47(51)39-35-30-28-26-24-22-20-18-16-14-12-10-8-6-4-2/h17-20,31-33,36-37,45H,3-16,21-30,34-35,38-43H2,1-2H3,(H,49,52)(H,53,54)/b19-17-,20-18-. The van der Waals surface area contributed by atoms with E-state index in [1.807, 2.05) is 0 Å². The Morgan fingerprint density at radius 1 is 0.593 bits per heavy atom. The number of nitrogens with one attached hydrogen (secondary N) is 1. The van der Waals surface area contributed by atoms with Crippen LogP contribution in [0.3, 0.4) is 0 Å².